The number of hydrogen-bond donors (Lipinski definition) is 1. The highest BCUT2D eigenvalue weighted by atomic mass is 16.3. The first-order valence-corrected chi connectivity index (χ1v) is 6.78. The number of benzene rings is 1. The van der Waals surface area contributed by atoms with Gasteiger partial charge in [0.15, 0.2) is 0 Å². The van der Waals surface area contributed by atoms with E-state index in [4.69, 9.17) is 0 Å². The van der Waals surface area contributed by atoms with Crippen molar-refractivity contribution in [2.45, 2.75) is 39.2 Å². The Balaban J connectivity index is 1.89. The van der Waals surface area contributed by atoms with Crippen LogP contribution in [0, 0.1) is 13.8 Å². The molecular weight excluding hydrogens is 234 g/mol. The summed E-state index contributed by atoms with van der Waals surface area (Å²) in [5, 5.41) is 10.1. The Labute approximate surface area is 115 Å². The van der Waals surface area contributed by atoms with E-state index in [-0.39, 0.29) is 6.10 Å². The van der Waals surface area contributed by atoms with E-state index in [0.29, 0.717) is 0 Å². The third-order valence-electron chi connectivity index (χ3n) is 3.21. The van der Waals surface area contributed by atoms with Crippen molar-refractivity contribution < 1.29 is 5.11 Å². The lowest BCUT2D eigenvalue weighted by Gasteiger charge is -2.11. The van der Waals surface area contributed by atoms with Gasteiger partial charge in [0, 0.05) is 11.9 Å². The van der Waals surface area contributed by atoms with Crippen LogP contribution in [0.25, 0.3) is 0 Å². The highest BCUT2D eigenvalue weighted by Gasteiger charge is 2.07. The number of aromatic nitrogens is 1. The minimum atomic E-state index is -0.303. The summed E-state index contributed by atoms with van der Waals surface area (Å²) >= 11 is 0. The minimum absolute atomic E-state index is 0.303. The first-order valence-electron chi connectivity index (χ1n) is 6.78. The smallest absolute Gasteiger partial charge is 0.0584 e. The fourth-order valence-electron chi connectivity index (χ4n) is 2.42. The summed E-state index contributed by atoms with van der Waals surface area (Å²) in [7, 11) is 0. The van der Waals surface area contributed by atoms with E-state index in [1.165, 1.54) is 16.7 Å². The predicted octanol–water partition coefficient (Wildman–Crippen LogP) is 3.23. The molecule has 2 rings (SSSR count). The van der Waals surface area contributed by atoms with Crippen molar-refractivity contribution in [1.29, 1.82) is 0 Å². The molecule has 0 saturated heterocycles. The van der Waals surface area contributed by atoms with Crippen LogP contribution in [-0.4, -0.2) is 16.2 Å². The molecule has 0 saturated carbocycles. The van der Waals surface area contributed by atoms with Gasteiger partial charge in [-0.05, 0) is 50.8 Å². The van der Waals surface area contributed by atoms with Crippen molar-refractivity contribution in [2.75, 3.05) is 0 Å². The SMILES string of the molecule is Cc1cc(C)cc(CC(O)CCc2ccccn2)c1. The van der Waals surface area contributed by atoms with Crippen molar-refractivity contribution in [3.05, 3.63) is 65.0 Å². The van der Waals surface area contributed by atoms with Gasteiger partial charge in [0.05, 0.1) is 6.10 Å². The van der Waals surface area contributed by atoms with E-state index in [2.05, 4.69) is 37.0 Å². The van der Waals surface area contributed by atoms with Crippen LogP contribution in [0.5, 0.6) is 0 Å². The molecule has 0 bridgehead atoms. The second-order valence-corrected chi connectivity index (χ2v) is 5.21. The topological polar surface area (TPSA) is 33.1 Å². The number of aryl methyl sites for hydroxylation is 3. The molecule has 0 radical (unpaired) electrons. The van der Waals surface area contributed by atoms with Crippen LogP contribution in [-0.2, 0) is 12.8 Å². The summed E-state index contributed by atoms with van der Waals surface area (Å²) in [5.41, 5.74) is 4.77. The molecule has 0 aliphatic heterocycles. The molecule has 2 aromatic rings. The lowest BCUT2D eigenvalue weighted by Crippen LogP contribution is -2.12. The molecule has 1 heterocycles. The molecule has 0 spiro atoms. The molecule has 0 amide bonds. The minimum Gasteiger partial charge on any atom is -0.393 e. The number of pyridine rings is 1. The fraction of sp³-hybridized carbons (Fsp3) is 0.353. The molecule has 100 valence electrons. The standard InChI is InChI=1S/C17H21NO/c1-13-9-14(2)11-15(10-13)12-17(19)7-6-16-5-3-4-8-18-16/h3-5,8-11,17,19H,6-7,12H2,1-2H3. The van der Waals surface area contributed by atoms with Crippen LogP contribution in [0.2, 0.25) is 0 Å². The third-order valence-corrected chi connectivity index (χ3v) is 3.21. The Hall–Kier alpha value is -1.67. The van der Waals surface area contributed by atoms with Crippen LogP contribution < -0.4 is 0 Å². The molecule has 1 atom stereocenters. The van der Waals surface area contributed by atoms with Crippen molar-refractivity contribution >= 4 is 0 Å². The van der Waals surface area contributed by atoms with Crippen LogP contribution >= 0.6 is 0 Å². The van der Waals surface area contributed by atoms with E-state index in [9.17, 15) is 5.11 Å². The molecule has 0 fully saturated rings. The molecule has 2 nitrogen and oxygen atoms in total. The van der Waals surface area contributed by atoms with Crippen molar-refractivity contribution in [3.8, 4) is 0 Å². The summed E-state index contributed by atoms with van der Waals surface area (Å²) in [4.78, 5) is 4.27. The Morgan fingerprint density at radius 1 is 1.11 bits per heavy atom. The van der Waals surface area contributed by atoms with E-state index in [0.717, 1.165) is 25.0 Å². The van der Waals surface area contributed by atoms with Crippen LogP contribution in [0.4, 0.5) is 0 Å². The van der Waals surface area contributed by atoms with E-state index in [1.807, 2.05) is 18.2 Å². The average Bonchev–Trinajstić information content (AvgIpc) is 2.36. The highest BCUT2D eigenvalue weighted by Crippen LogP contribution is 2.13. The second-order valence-electron chi connectivity index (χ2n) is 5.21. The lowest BCUT2D eigenvalue weighted by molar-refractivity contribution is 0.165. The number of aliphatic hydroxyl groups excluding tert-OH is 1. The second kappa shape index (κ2) is 6.48. The average molecular weight is 255 g/mol. The van der Waals surface area contributed by atoms with E-state index < -0.39 is 0 Å². The molecule has 1 aromatic heterocycles. The summed E-state index contributed by atoms with van der Waals surface area (Å²) in [5.74, 6) is 0. The molecule has 1 unspecified atom stereocenters. The molecule has 0 aliphatic rings. The zero-order valence-electron chi connectivity index (χ0n) is 11.6. The van der Waals surface area contributed by atoms with Gasteiger partial charge in [0.25, 0.3) is 0 Å². The Morgan fingerprint density at radius 2 is 1.84 bits per heavy atom. The summed E-state index contributed by atoms with van der Waals surface area (Å²) in [6.07, 6.45) is 3.79. The number of nitrogens with zero attached hydrogens (tertiary/aromatic N) is 1. The zero-order chi connectivity index (χ0) is 13.7. The number of hydrogen-bond acceptors (Lipinski definition) is 2. The van der Waals surface area contributed by atoms with Gasteiger partial charge in [-0.1, -0.05) is 35.4 Å². The number of aliphatic hydroxyl groups is 1. The lowest BCUT2D eigenvalue weighted by atomic mass is 10.00. The molecular formula is C17H21NO. The van der Waals surface area contributed by atoms with Crippen LogP contribution in [0.3, 0.4) is 0 Å². The van der Waals surface area contributed by atoms with Gasteiger partial charge in [-0.25, -0.2) is 0 Å². The van der Waals surface area contributed by atoms with Gasteiger partial charge in [0.1, 0.15) is 0 Å². The number of rotatable bonds is 5. The predicted molar refractivity (Wildman–Crippen MR) is 78.2 cm³/mol. The maximum atomic E-state index is 10.1. The molecule has 1 aromatic carbocycles. The zero-order valence-corrected chi connectivity index (χ0v) is 11.6. The van der Waals surface area contributed by atoms with Gasteiger partial charge < -0.3 is 5.11 Å². The molecule has 2 heteroatoms. The first kappa shape index (κ1) is 13.8. The normalized spacial score (nSPS) is 12.4. The summed E-state index contributed by atoms with van der Waals surface area (Å²) < 4.78 is 0. The van der Waals surface area contributed by atoms with Gasteiger partial charge in [-0.3, -0.25) is 4.98 Å². The molecule has 0 aliphatic carbocycles. The van der Waals surface area contributed by atoms with E-state index >= 15 is 0 Å². The van der Waals surface area contributed by atoms with Crippen molar-refractivity contribution in [3.63, 3.8) is 0 Å². The summed E-state index contributed by atoms with van der Waals surface area (Å²) in [6.45, 7) is 4.19. The van der Waals surface area contributed by atoms with Gasteiger partial charge in [-0.2, -0.15) is 0 Å². The first-order chi connectivity index (χ1) is 9.13. The molecule has 1 N–H and O–H groups in total. The van der Waals surface area contributed by atoms with Gasteiger partial charge in [0.2, 0.25) is 0 Å². The van der Waals surface area contributed by atoms with Crippen LogP contribution in [0.15, 0.2) is 42.6 Å². The Morgan fingerprint density at radius 3 is 2.47 bits per heavy atom. The van der Waals surface area contributed by atoms with Crippen molar-refractivity contribution in [1.82, 2.24) is 4.98 Å². The quantitative estimate of drug-likeness (QED) is 0.889. The Kier molecular flexibility index (Phi) is 4.69. The highest BCUT2D eigenvalue weighted by molar-refractivity contribution is 5.28. The molecule has 19 heavy (non-hydrogen) atoms. The monoisotopic (exact) mass is 255 g/mol. The summed E-state index contributed by atoms with van der Waals surface area (Å²) in [6, 6.07) is 12.4. The van der Waals surface area contributed by atoms with Gasteiger partial charge in [-0.15, -0.1) is 0 Å². The fourth-order valence-corrected chi connectivity index (χ4v) is 2.42. The Bertz CT molecular complexity index is 502. The maximum Gasteiger partial charge on any atom is 0.0584 e. The van der Waals surface area contributed by atoms with Crippen molar-refractivity contribution in [2.24, 2.45) is 0 Å². The van der Waals surface area contributed by atoms with Crippen LogP contribution in [0.1, 0.15) is 28.8 Å². The third kappa shape index (κ3) is 4.49. The maximum absolute atomic E-state index is 10.1. The largest absolute Gasteiger partial charge is 0.393 e. The van der Waals surface area contributed by atoms with Gasteiger partial charge >= 0.3 is 0 Å². The van der Waals surface area contributed by atoms with E-state index in [1.54, 1.807) is 6.20 Å².